The van der Waals surface area contributed by atoms with E-state index in [2.05, 4.69) is 10.6 Å². The van der Waals surface area contributed by atoms with Gasteiger partial charge in [-0.15, -0.1) is 0 Å². The van der Waals surface area contributed by atoms with Gasteiger partial charge in [0.2, 0.25) is 11.8 Å². The predicted molar refractivity (Wildman–Crippen MR) is 98.1 cm³/mol. The zero-order valence-corrected chi connectivity index (χ0v) is 14.1. The lowest BCUT2D eigenvalue weighted by atomic mass is 10.2. The van der Waals surface area contributed by atoms with E-state index < -0.39 is 0 Å². The van der Waals surface area contributed by atoms with Crippen molar-refractivity contribution in [2.24, 2.45) is 0 Å². The van der Waals surface area contributed by atoms with E-state index in [9.17, 15) is 9.59 Å². The number of nitrogens with one attached hydrogen (secondary N) is 2. The molecule has 0 unspecified atom stereocenters. The fourth-order valence-electron chi connectivity index (χ4n) is 2.82. The molecule has 6 heteroatoms. The van der Waals surface area contributed by atoms with Gasteiger partial charge >= 0.3 is 0 Å². The van der Waals surface area contributed by atoms with Gasteiger partial charge in [-0.2, -0.15) is 0 Å². The summed E-state index contributed by atoms with van der Waals surface area (Å²) < 4.78 is 5.40. The number of hydrogen-bond acceptors (Lipinski definition) is 4. The molecule has 0 radical (unpaired) electrons. The molecule has 1 aliphatic heterocycles. The van der Waals surface area contributed by atoms with Crippen LogP contribution < -0.4 is 20.3 Å². The van der Waals surface area contributed by atoms with Crippen LogP contribution in [0.2, 0.25) is 0 Å². The number of methoxy groups -OCH3 is 1. The van der Waals surface area contributed by atoms with E-state index in [1.54, 1.807) is 24.1 Å². The first-order chi connectivity index (χ1) is 12.2. The molecule has 2 amide bonds. The number of benzene rings is 2. The molecule has 0 spiro atoms. The Labute approximate surface area is 146 Å². The largest absolute Gasteiger partial charge is 0.494 e. The molecule has 0 saturated carbocycles. The van der Waals surface area contributed by atoms with Crippen LogP contribution in [0, 0.1) is 0 Å². The van der Waals surface area contributed by atoms with Gasteiger partial charge in [0.05, 0.1) is 19.3 Å². The van der Waals surface area contributed by atoms with Crippen LogP contribution in [-0.4, -0.2) is 32.0 Å². The second kappa shape index (κ2) is 7.70. The summed E-state index contributed by atoms with van der Waals surface area (Å²) in [6.45, 7) is 0.862. The monoisotopic (exact) mass is 339 g/mol. The first-order valence-electron chi connectivity index (χ1n) is 8.24. The maximum absolute atomic E-state index is 12.1. The van der Waals surface area contributed by atoms with Crippen molar-refractivity contribution >= 4 is 28.9 Å². The van der Waals surface area contributed by atoms with Crippen molar-refractivity contribution < 1.29 is 14.3 Å². The average Bonchev–Trinajstić information content (AvgIpc) is 3.06. The molecule has 6 nitrogen and oxygen atoms in total. The molecule has 130 valence electrons. The predicted octanol–water partition coefficient (Wildman–Crippen LogP) is 2.87. The van der Waals surface area contributed by atoms with E-state index in [1.165, 1.54) is 0 Å². The average molecular weight is 339 g/mol. The Kier molecular flexibility index (Phi) is 5.18. The molecule has 1 fully saturated rings. The van der Waals surface area contributed by atoms with Crippen LogP contribution >= 0.6 is 0 Å². The van der Waals surface area contributed by atoms with Crippen LogP contribution in [0.4, 0.5) is 17.1 Å². The Morgan fingerprint density at radius 3 is 2.64 bits per heavy atom. The topological polar surface area (TPSA) is 70.7 Å². The third-order valence-electron chi connectivity index (χ3n) is 4.05. The number of amides is 2. The second-order valence-corrected chi connectivity index (χ2v) is 5.80. The summed E-state index contributed by atoms with van der Waals surface area (Å²) in [4.78, 5) is 25.7. The highest BCUT2D eigenvalue weighted by Crippen LogP contribution is 2.33. The zero-order chi connectivity index (χ0) is 17.6. The van der Waals surface area contributed by atoms with Crippen molar-refractivity contribution in [1.82, 2.24) is 0 Å². The number of carbonyl (C=O) groups is 2. The molecule has 2 aromatic carbocycles. The van der Waals surface area contributed by atoms with Crippen LogP contribution in [0.25, 0.3) is 0 Å². The van der Waals surface area contributed by atoms with Crippen molar-refractivity contribution in [3.8, 4) is 5.75 Å². The minimum atomic E-state index is -0.157. The molecule has 3 rings (SSSR count). The quantitative estimate of drug-likeness (QED) is 0.849. The van der Waals surface area contributed by atoms with Gasteiger partial charge in [-0.05, 0) is 30.7 Å². The number of anilines is 3. The first kappa shape index (κ1) is 16.8. The molecule has 1 heterocycles. The summed E-state index contributed by atoms with van der Waals surface area (Å²) in [5, 5.41) is 5.89. The number of para-hydroxylation sites is 1. The molecule has 1 aliphatic rings. The fourth-order valence-corrected chi connectivity index (χ4v) is 2.82. The lowest BCUT2D eigenvalue weighted by Crippen LogP contribution is -2.24. The third-order valence-corrected chi connectivity index (χ3v) is 4.05. The Bertz CT molecular complexity index is 762. The van der Waals surface area contributed by atoms with E-state index in [4.69, 9.17) is 4.74 Å². The molecular formula is C19H21N3O3. The van der Waals surface area contributed by atoms with E-state index in [0.717, 1.165) is 17.8 Å². The molecule has 25 heavy (non-hydrogen) atoms. The Balaban J connectivity index is 1.64. The van der Waals surface area contributed by atoms with E-state index in [1.807, 2.05) is 36.4 Å². The van der Waals surface area contributed by atoms with Crippen LogP contribution in [0.3, 0.4) is 0 Å². The van der Waals surface area contributed by atoms with Crippen LogP contribution in [0.15, 0.2) is 48.5 Å². The first-order valence-corrected chi connectivity index (χ1v) is 8.24. The summed E-state index contributed by atoms with van der Waals surface area (Å²) in [5.74, 6) is 0.516. The summed E-state index contributed by atoms with van der Waals surface area (Å²) >= 11 is 0. The molecule has 0 aromatic heterocycles. The number of hydrogen-bond donors (Lipinski definition) is 2. The van der Waals surface area contributed by atoms with Crippen molar-refractivity contribution in [2.75, 3.05) is 35.7 Å². The standard InChI is InChI=1S/C19H21N3O3/c1-25-17-12-15(9-10-16(17)22-11-5-8-19(22)24)21-18(23)13-20-14-6-3-2-4-7-14/h2-4,6-7,9-10,12,20H,5,8,11,13H2,1H3,(H,21,23). The molecule has 0 atom stereocenters. The van der Waals surface area contributed by atoms with Gasteiger partial charge < -0.3 is 20.3 Å². The summed E-state index contributed by atoms with van der Waals surface area (Å²) in [5.41, 5.74) is 2.26. The lowest BCUT2D eigenvalue weighted by molar-refractivity contribution is -0.117. The molecule has 0 aliphatic carbocycles. The number of nitrogens with zero attached hydrogens (tertiary/aromatic N) is 1. The van der Waals surface area contributed by atoms with E-state index >= 15 is 0 Å². The number of rotatable bonds is 6. The molecule has 2 N–H and O–H groups in total. The minimum Gasteiger partial charge on any atom is -0.494 e. The normalized spacial score (nSPS) is 13.6. The summed E-state index contributed by atoms with van der Waals surface area (Å²) in [7, 11) is 1.56. The molecule has 1 saturated heterocycles. The molecule has 2 aromatic rings. The lowest BCUT2D eigenvalue weighted by Gasteiger charge is -2.19. The number of ether oxygens (including phenoxy) is 1. The fraction of sp³-hybridized carbons (Fsp3) is 0.263. The minimum absolute atomic E-state index is 0.0992. The van der Waals surface area contributed by atoms with Crippen LogP contribution in [-0.2, 0) is 9.59 Å². The highest BCUT2D eigenvalue weighted by molar-refractivity contribution is 5.98. The number of carbonyl (C=O) groups excluding carboxylic acids is 2. The van der Waals surface area contributed by atoms with Crippen molar-refractivity contribution in [3.05, 3.63) is 48.5 Å². The van der Waals surface area contributed by atoms with Gasteiger partial charge in [-0.25, -0.2) is 0 Å². The smallest absolute Gasteiger partial charge is 0.243 e. The maximum atomic E-state index is 12.1. The van der Waals surface area contributed by atoms with Crippen molar-refractivity contribution in [3.63, 3.8) is 0 Å². The highest BCUT2D eigenvalue weighted by Gasteiger charge is 2.24. The Hall–Kier alpha value is -3.02. The molecule has 0 bridgehead atoms. The van der Waals surface area contributed by atoms with Gasteiger partial charge in [-0.3, -0.25) is 9.59 Å². The van der Waals surface area contributed by atoms with Gasteiger partial charge in [0.1, 0.15) is 5.75 Å². The summed E-state index contributed by atoms with van der Waals surface area (Å²) in [6.07, 6.45) is 1.42. The maximum Gasteiger partial charge on any atom is 0.243 e. The van der Waals surface area contributed by atoms with E-state index in [0.29, 0.717) is 24.4 Å². The second-order valence-electron chi connectivity index (χ2n) is 5.80. The van der Waals surface area contributed by atoms with E-state index in [-0.39, 0.29) is 18.4 Å². The summed E-state index contributed by atoms with van der Waals surface area (Å²) in [6, 6.07) is 14.9. The Morgan fingerprint density at radius 1 is 1.16 bits per heavy atom. The van der Waals surface area contributed by atoms with Gasteiger partial charge in [-0.1, -0.05) is 18.2 Å². The Morgan fingerprint density at radius 2 is 1.96 bits per heavy atom. The van der Waals surface area contributed by atoms with Gasteiger partial charge in [0.15, 0.2) is 0 Å². The zero-order valence-electron chi connectivity index (χ0n) is 14.1. The third kappa shape index (κ3) is 4.09. The van der Waals surface area contributed by atoms with Crippen LogP contribution in [0.1, 0.15) is 12.8 Å². The van der Waals surface area contributed by atoms with Crippen molar-refractivity contribution in [1.29, 1.82) is 0 Å². The van der Waals surface area contributed by atoms with Gasteiger partial charge in [0.25, 0.3) is 0 Å². The highest BCUT2D eigenvalue weighted by atomic mass is 16.5. The molecular weight excluding hydrogens is 318 g/mol. The van der Waals surface area contributed by atoms with Crippen LogP contribution in [0.5, 0.6) is 5.75 Å². The van der Waals surface area contributed by atoms with Crippen molar-refractivity contribution in [2.45, 2.75) is 12.8 Å². The van der Waals surface area contributed by atoms with Gasteiger partial charge in [0, 0.05) is 30.4 Å². The SMILES string of the molecule is COc1cc(NC(=O)CNc2ccccc2)ccc1N1CCCC1=O.